The van der Waals surface area contributed by atoms with Gasteiger partial charge in [-0.05, 0) is 44.0 Å². The van der Waals surface area contributed by atoms with Gasteiger partial charge in [-0.1, -0.05) is 23.7 Å². The molecular weight excluding hydrogens is 354 g/mol. The Morgan fingerprint density at radius 1 is 1.15 bits per heavy atom. The summed E-state index contributed by atoms with van der Waals surface area (Å²) in [5.41, 5.74) is 0.641. The number of carbonyl (C=O) groups excluding carboxylic acids is 1. The Bertz CT molecular complexity index is 832. The summed E-state index contributed by atoms with van der Waals surface area (Å²) in [6, 6.07) is 12.5. The van der Waals surface area contributed by atoms with Crippen LogP contribution in [0, 0.1) is 0 Å². The zero-order chi connectivity index (χ0) is 18.1. The Balaban J connectivity index is 1.42. The van der Waals surface area contributed by atoms with Gasteiger partial charge in [-0.2, -0.15) is 0 Å². The molecular formula is C20H20ClNO4. The molecule has 1 spiro atoms. The lowest BCUT2D eigenvalue weighted by molar-refractivity contribution is -0.122. The number of carbonyl (C=O) groups is 1. The molecule has 1 N–H and O–H groups in total. The Hall–Kier alpha value is -2.40. The maximum atomic E-state index is 12.4. The van der Waals surface area contributed by atoms with Crippen LogP contribution in [-0.2, 0) is 4.79 Å². The van der Waals surface area contributed by atoms with E-state index in [0.717, 1.165) is 31.4 Å². The molecule has 4 rings (SSSR count). The van der Waals surface area contributed by atoms with Crippen molar-refractivity contribution in [3.8, 4) is 17.2 Å². The van der Waals surface area contributed by atoms with Crippen LogP contribution < -0.4 is 19.5 Å². The van der Waals surface area contributed by atoms with Crippen molar-refractivity contribution < 1.29 is 19.0 Å². The van der Waals surface area contributed by atoms with E-state index in [-0.39, 0.29) is 5.91 Å². The first-order valence-electron chi connectivity index (χ1n) is 8.79. The van der Waals surface area contributed by atoms with Crippen molar-refractivity contribution in [1.82, 2.24) is 0 Å². The highest BCUT2D eigenvalue weighted by Gasteiger charge is 2.44. The molecule has 1 atom stereocenters. The molecule has 1 heterocycles. The second-order valence-electron chi connectivity index (χ2n) is 6.66. The summed E-state index contributed by atoms with van der Waals surface area (Å²) in [4.78, 5) is 12.4. The smallest absolute Gasteiger partial charge is 0.265 e. The molecule has 1 amide bonds. The van der Waals surface area contributed by atoms with Gasteiger partial charge in [-0.3, -0.25) is 4.79 Å². The van der Waals surface area contributed by atoms with Crippen molar-refractivity contribution in [2.75, 3.05) is 5.32 Å². The summed E-state index contributed by atoms with van der Waals surface area (Å²) in [6.45, 7) is 1.68. The third-order valence-electron chi connectivity index (χ3n) is 4.68. The van der Waals surface area contributed by atoms with Crippen molar-refractivity contribution in [1.29, 1.82) is 0 Å². The first-order valence-corrected chi connectivity index (χ1v) is 9.17. The number of fused-ring (bicyclic) bond motifs is 1. The van der Waals surface area contributed by atoms with Gasteiger partial charge in [0, 0.05) is 24.6 Å². The minimum atomic E-state index is -0.693. The highest BCUT2D eigenvalue weighted by Crippen LogP contribution is 2.47. The van der Waals surface area contributed by atoms with Crippen LogP contribution in [0.4, 0.5) is 5.69 Å². The molecule has 0 aromatic heterocycles. The fraction of sp³-hybridized carbons (Fsp3) is 0.350. The van der Waals surface area contributed by atoms with Crippen molar-refractivity contribution in [3.05, 3.63) is 47.5 Å². The summed E-state index contributed by atoms with van der Waals surface area (Å²) in [5, 5.41) is 3.32. The number of para-hydroxylation sites is 1. The van der Waals surface area contributed by atoms with Gasteiger partial charge in [-0.25, -0.2) is 0 Å². The molecule has 2 aromatic rings. The minimum absolute atomic E-state index is 0.264. The van der Waals surface area contributed by atoms with Crippen LogP contribution in [0.5, 0.6) is 17.2 Å². The van der Waals surface area contributed by atoms with E-state index < -0.39 is 11.9 Å². The molecule has 2 aromatic carbocycles. The van der Waals surface area contributed by atoms with Crippen molar-refractivity contribution in [3.63, 3.8) is 0 Å². The maximum Gasteiger partial charge on any atom is 0.265 e. The second kappa shape index (κ2) is 6.72. The van der Waals surface area contributed by atoms with Gasteiger partial charge in [0.05, 0.1) is 5.02 Å². The zero-order valence-corrected chi connectivity index (χ0v) is 15.2. The molecule has 136 valence electrons. The average molecular weight is 374 g/mol. The molecule has 0 saturated heterocycles. The van der Waals surface area contributed by atoms with E-state index in [4.69, 9.17) is 25.8 Å². The topological polar surface area (TPSA) is 56.8 Å². The van der Waals surface area contributed by atoms with Crippen molar-refractivity contribution in [2.24, 2.45) is 0 Å². The highest BCUT2D eigenvalue weighted by molar-refractivity contribution is 6.32. The van der Waals surface area contributed by atoms with Crippen LogP contribution in [0.25, 0.3) is 0 Å². The maximum absolute atomic E-state index is 12.4. The Morgan fingerprint density at radius 3 is 2.65 bits per heavy atom. The van der Waals surface area contributed by atoms with Gasteiger partial charge in [0.1, 0.15) is 5.75 Å². The lowest BCUT2D eigenvalue weighted by Gasteiger charge is -2.21. The minimum Gasteiger partial charge on any atom is -0.479 e. The molecule has 1 unspecified atom stereocenters. The molecule has 1 saturated carbocycles. The number of anilines is 1. The summed E-state index contributed by atoms with van der Waals surface area (Å²) < 4.78 is 17.7. The van der Waals surface area contributed by atoms with E-state index in [0.29, 0.717) is 22.2 Å². The van der Waals surface area contributed by atoms with Gasteiger partial charge in [0.15, 0.2) is 17.6 Å². The number of halogens is 1. The number of ether oxygens (including phenoxy) is 3. The van der Waals surface area contributed by atoms with Gasteiger partial charge in [0.25, 0.3) is 11.7 Å². The van der Waals surface area contributed by atoms with Crippen molar-refractivity contribution in [2.45, 2.75) is 44.5 Å². The van der Waals surface area contributed by atoms with Gasteiger partial charge in [-0.15, -0.1) is 0 Å². The van der Waals surface area contributed by atoms with E-state index in [1.165, 1.54) is 0 Å². The monoisotopic (exact) mass is 373 g/mol. The first kappa shape index (κ1) is 17.0. The lowest BCUT2D eigenvalue weighted by atomic mass is 10.2. The number of benzene rings is 2. The molecule has 1 aliphatic carbocycles. The van der Waals surface area contributed by atoms with Crippen LogP contribution in [0.2, 0.25) is 5.02 Å². The van der Waals surface area contributed by atoms with Crippen LogP contribution in [0.1, 0.15) is 32.6 Å². The predicted molar refractivity (Wildman–Crippen MR) is 99.1 cm³/mol. The summed E-state index contributed by atoms with van der Waals surface area (Å²) in [5.74, 6) is 1.10. The number of hydrogen-bond acceptors (Lipinski definition) is 4. The third-order valence-corrected chi connectivity index (χ3v) is 4.99. The van der Waals surface area contributed by atoms with Crippen LogP contribution in [-0.4, -0.2) is 17.8 Å². The van der Waals surface area contributed by atoms with E-state index in [1.807, 2.05) is 18.2 Å². The molecule has 0 radical (unpaired) electrons. The lowest BCUT2D eigenvalue weighted by Crippen LogP contribution is -2.34. The van der Waals surface area contributed by atoms with Gasteiger partial charge < -0.3 is 19.5 Å². The van der Waals surface area contributed by atoms with Crippen LogP contribution in [0.15, 0.2) is 42.5 Å². The molecule has 2 aliphatic rings. The Morgan fingerprint density at radius 2 is 1.88 bits per heavy atom. The SMILES string of the molecule is CC(Oc1ccccc1Cl)C(=O)Nc1ccc2c(c1)OC1(CCCC1)O2. The zero-order valence-electron chi connectivity index (χ0n) is 14.5. The first-order chi connectivity index (χ1) is 12.5. The molecule has 5 nitrogen and oxygen atoms in total. The summed E-state index contributed by atoms with van der Waals surface area (Å²) >= 11 is 6.07. The average Bonchev–Trinajstić information content (AvgIpc) is 3.22. The molecule has 6 heteroatoms. The number of hydrogen-bond donors (Lipinski definition) is 1. The van der Waals surface area contributed by atoms with E-state index in [2.05, 4.69) is 5.32 Å². The third kappa shape index (κ3) is 3.31. The van der Waals surface area contributed by atoms with Crippen molar-refractivity contribution >= 4 is 23.2 Å². The van der Waals surface area contributed by atoms with E-state index >= 15 is 0 Å². The fourth-order valence-electron chi connectivity index (χ4n) is 3.32. The second-order valence-corrected chi connectivity index (χ2v) is 7.07. The highest BCUT2D eigenvalue weighted by atomic mass is 35.5. The molecule has 26 heavy (non-hydrogen) atoms. The number of rotatable bonds is 4. The van der Waals surface area contributed by atoms with Crippen LogP contribution >= 0.6 is 11.6 Å². The van der Waals surface area contributed by atoms with E-state index in [9.17, 15) is 4.79 Å². The molecule has 1 aliphatic heterocycles. The molecule has 0 bridgehead atoms. The number of amides is 1. The Kier molecular flexibility index (Phi) is 4.41. The normalized spacial score (nSPS) is 17.9. The standard InChI is InChI=1S/C20H20ClNO4/c1-13(24-16-7-3-2-6-15(16)21)19(23)22-14-8-9-17-18(12-14)26-20(25-17)10-4-5-11-20/h2-3,6-9,12-13H,4-5,10-11H2,1H3,(H,22,23). The van der Waals surface area contributed by atoms with E-state index in [1.54, 1.807) is 31.2 Å². The Labute approximate surface area is 157 Å². The summed E-state index contributed by atoms with van der Waals surface area (Å²) in [7, 11) is 0. The number of nitrogens with one attached hydrogen (secondary N) is 1. The fourth-order valence-corrected chi connectivity index (χ4v) is 3.50. The quantitative estimate of drug-likeness (QED) is 0.837. The summed E-state index contributed by atoms with van der Waals surface area (Å²) in [6.07, 6.45) is 3.31. The van der Waals surface area contributed by atoms with Crippen LogP contribution in [0.3, 0.4) is 0 Å². The van der Waals surface area contributed by atoms with Gasteiger partial charge >= 0.3 is 0 Å². The molecule has 1 fully saturated rings. The van der Waals surface area contributed by atoms with Gasteiger partial charge in [0.2, 0.25) is 0 Å². The predicted octanol–water partition coefficient (Wildman–Crippen LogP) is 4.79. The largest absolute Gasteiger partial charge is 0.479 e.